The van der Waals surface area contributed by atoms with E-state index in [4.69, 9.17) is 4.42 Å². The van der Waals surface area contributed by atoms with E-state index in [-0.39, 0.29) is 0 Å². The van der Waals surface area contributed by atoms with Crippen LogP contribution in [0, 0.1) is 0 Å². The third-order valence-corrected chi connectivity index (χ3v) is 1.39. The summed E-state index contributed by atoms with van der Waals surface area (Å²) in [5.41, 5.74) is 0.523. The zero-order valence-corrected chi connectivity index (χ0v) is 4.55. The molecule has 8 heavy (non-hydrogen) atoms. The maximum absolute atomic E-state index is 4.78. The number of fused-ring (bicyclic) bond motifs is 1. The van der Waals surface area contributed by atoms with E-state index in [1.165, 1.54) is 17.9 Å². The smallest absolute Gasteiger partial charge is 0.279 e. The van der Waals surface area contributed by atoms with E-state index in [0.29, 0.717) is 5.71 Å². The van der Waals surface area contributed by atoms with Crippen LogP contribution < -0.4 is 0 Å². The zero-order chi connectivity index (χ0) is 5.40. The highest BCUT2D eigenvalue weighted by Gasteiger charge is 1.98. The summed E-state index contributed by atoms with van der Waals surface area (Å²) < 4.78 is 8.38. The average molecular weight is 127 g/mol. The van der Waals surface area contributed by atoms with Crippen LogP contribution in [0.4, 0.5) is 0 Å². The quantitative estimate of drug-likeness (QED) is 0.522. The van der Waals surface area contributed by atoms with Crippen molar-refractivity contribution in [1.29, 1.82) is 0 Å². The lowest BCUT2D eigenvalue weighted by Gasteiger charge is -1.58. The molecule has 2 aromatic heterocycles. The van der Waals surface area contributed by atoms with Crippen molar-refractivity contribution in [1.82, 2.24) is 14.6 Å². The molecule has 2 heterocycles. The van der Waals surface area contributed by atoms with Gasteiger partial charge in [-0.25, -0.2) is 4.98 Å². The summed E-state index contributed by atoms with van der Waals surface area (Å²) in [7, 11) is 0. The summed E-state index contributed by atoms with van der Waals surface area (Å²) >= 11 is 1.23. The van der Waals surface area contributed by atoms with Gasteiger partial charge in [-0.05, 0) is 0 Å². The second-order valence-electron chi connectivity index (χ2n) is 1.24. The molecule has 0 N–H and O–H groups in total. The lowest BCUT2D eigenvalue weighted by atomic mass is 10.9. The minimum absolute atomic E-state index is 0.523. The Labute approximate surface area is 48.3 Å². The molecule has 0 fully saturated rings. The van der Waals surface area contributed by atoms with Gasteiger partial charge in [0.05, 0.1) is 0 Å². The number of hydrogen-bond donors (Lipinski definition) is 0. The highest BCUT2D eigenvalue weighted by atomic mass is 32.1. The van der Waals surface area contributed by atoms with Crippen LogP contribution in [0.5, 0.6) is 0 Å². The molecule has 0 unspecified atom stereocenters. The van der Waals surface area contributed by atoms with Crippen molar-refractivity contribution in [2.45, 2.75) is 0 Å². The number of nitrogens with zero attached hydrogens (tertiary/aromatic N) is 3. The Hall–Kier alpha value is -0.970. The first-order chi connectivity index (χ1) is 3.97. The Balaban J connectivity index is 3.06. The van der Waals surface area contributed by atoms with Crippen molar-refractivity contribution >= 4 is 22.1 Å². The van der Waals surface area contributed by atoms with Crippen LogP contribution in [-0.2, 0) is 0 Å². The highest BCUT2D eigenvalue weighted by molar-refractivity contribution is 7.12. The standard InChI is InChI=1S/C3HN3OS/c1-4-3-2(7-1)5-6-8-3/h1H. The summed E-state index contributed by atoms with van der Waals surface area (Å²) in [5.74, 6) is 0. The van der Waals surface area contributed by atoms with Gasteiger partial charge in [0.1, 0.15) is 0 Å². The van der Waals surface area contributed by atoms with Gasteiger partial charge in [0.25, 0.3) is 5.71 Å². The summed E-state index contributed by atoms with van der Waals surface area (Å²) in [6.07, 6.45) is 1.36. The Morgan fingerprint density at radius 1 is 1.62 bits per heavy atom. The van der Waals surface area contributed by atoms with Gasteiger partial charge in [-0.15, -0.1) is 0 Å². The van der Waals surface area contributed by atoms with Crippen LogP contribution in [0.15, 0.2) is 10.8 Å². The first kappa shape index (κ1) is 3.96. The predicted octanol–water partition coefficient (Wildman–Crippen LogP) is 0.679. The Bertz CT molecular complexity index is 236. The van der Waals surface area contributed by atoms with Crippen LogP contribution in [0.2, 0.25) is 0 Å². The van der Waals surface area contributed by atoms with Gasteiger partial charge >= 0.3 is 0 Å². The van der Waals surface area contributed by atoms with E-state index in [1.807, 2.05) is 0 Å². The Morgan fingerprint density at radius 2 is 2.62 bits per heavy atom. The molecule has 0 aliphatic heterocycles. The third kappa shape index (κ3) is 0.362. The summed E-state index contributed by atoms with van der Waals surface area (Å²) in [6, 6.07) is 0. The fourth-order valence-electron chi connectivity index (χ4n) is 0.455. The molecule has 0 bridgehead atoms. The maximum atomic E-state index is 4.78. The second kappa shape index (κ2) is 1.25. The van der Waals surface area contributed by atoms with Crippen molar-refractivity contribution in [3.63, 3.8) is 0 Å². The zero-order valence-electron chi connectivity index (χ0n) is 3.74. The fourth-order valence-corrected chi connectivity index (χ4v) is 0.904. The third-order valence-electron chi connectivity index (χ3n) is 0.776. The normalized spacial score (nSPS) is 10.5. The molecule has 0 aliphatic rings. The number of aromatic nitrogens is 3. The molecule has 0 radical (unpaired) electrons. The largest absolute Gasteiger partial charge is 0.423 e. The minimum Gasteiger partial charge on any atom is -0.423 e. The molecule has 2 aromatic rings. The second-order valence-corrected chi connectivity index (χ2v) is 1.97. The number of hydrogen-bond acceptors (Lipinski definition) is 5. The van der Waals surface area contributed by atoms with E-state index in [1.54, 1.807) is 0 Å². The summed E-state index contributed by atoms with van der Waals surface area (Å²) in [6.45, 7) is 0. The topological polar surface area (TPSA) is 51.8 Å². The van der Waals surface area contributed by atoms with Crippen LogP contribution in [0.3, 0.4) is 0 Å². The molecule has 0 saturated carbocycles. The molecule has 0 spiro atoms. The molecule has 0 aromatic carbocycles. The van der Waals surface area contributed by atoms with Crippen LogP contribution in [-0.4, -0.2) is 14.6 Å². The van der Waals surface area contributed by atoms with Gasteiger partial charge < -0.3 is 4.42 Å². The molecule has 0 atom stereocenters. The molecule has 0 saturated heterocycles. The Kier molecular flexibility index (Phi) is 0.621. The van der Waals surface area contributed by atoms with E-state index < -0.39 is 0 Å². The molecule has 0 amide bonds. The lowest BCUT2D eigenvalue weighted by Crippen LogP contribution is -1.57. The molecular formula is C3HN3OS. The van der Waals surface area contributed by atoms with Gasteiger partial charge in [-0.1, -0.05) is 9.59 Å². The minimum atomic E-state index is 0.523. The van der Waals surface area contributed by atoms with Crippen molar-refractivity contribution in [2.75, 3.05) is 0 Å². The van der Waals surface area contributed by atoms with Crippen molar-refractivity contribution in [3.8, 4) is 0 Å². The van der Waals surface area contributed by atoms with Crippen LogP contribution in [0.1, 0.15) is 0 Å². The van der Waals surface area contributed by atoms with Crippen molar-refractivity contribution in [2.24, 2.45) is 0 Å². The fraction of sp³-hybridized carbons (Fsp3) is 0. The predicted molar refractivity (Wildman–Crippen MR) is 27.5 cm³/mol. The van der Waals surface area contributed by atoms with Gasteiger partial charge in [-0.2, -0.15) is 0 Å². The molecule has 2 rings (SSSR count). The summed E-state index contributed by atoms with van der Waals surface area (Å²) in [5, 5.41) is 3.62. The van der Waals surface area contributed by atoms with Crippen LogP contribution in [0.25, 0.3) is 10.5 Å². The molecular weight excluding hydrogens is 126 g/mol. The maximum Gasteiger partial charge on any atom is 0.279 e. The van der Waals surface area contributed by atoms with Gasteiger partial charge in [0.2, 0.25) is 4.83 Å². The number of rotatable bonds is 0. The van der Waals surface area contributed by atoms with E-state index in [0.717, 1.165) is 4.83 Å². The molecule has 40 valence electrons. The first-order valence-electron chi connectivity index (χ1n) is 1.98. The van der Waals surface area contributed by atoms with Gasteiger partial charge in [0, 0.05) is 11.5 Å². The summed E-state index contributed by atoms with van der Waals surface area (Å²) in [4.78, 5) is 4.56. The molecule has 0 aliphatic carbocycles. The van der Waals surface area contributed by atoms with E-state index in [2.05, 4.69) is 14.6 Å². The van der Waals surface area contributed by atoms with Crippen LogP contribution >= 0.6 is 11.5 Å². The Morgan fingerprint density at radius 3 is 3.50 bits per heavy atom. The van der Waals surface area contributed by atoms with Gasteiger partial charge in [0.15, 0.2) is 6.39 Å². The number of oxazole rings is 1. The van der Waals surface area contributed by atoms with Gasteiger partial charge in [-0.3, -0.25) is 0 Å². The SMILES string of the molecule is c1nc2snnc2o1. The monoisotopic (exact) mass is 127 g/mol. The average Bonchev–Trinajstić information content (AvgIpc) is 2.15. The van der Waals surface area contributed by atoms with E-state index in [9.17, 15) is 0 Å². The highest BCUT2D eigenvalue weighted by Crippen LogP contribution is 2.10. The lowest BCUT2D eigenvalue weighted by molar-refractivity contribution is 0.587. The first-order valence-corrected chi connectivity index (χ1v) is 2.76. The molecule has 4 nitrogen and oxygen atoms in total. The van der Waals surface area contributed by atoms with Crippen molar-refractivity contribution < 1.29 is 4.42 Å². The van der Waals surface area contributed by atoms with Crippen molar-refractivity contribution in [3.05, 3.63) is 6.39 Å². The molecule has 5 heteroatoms. The van der Waals surface area contributed by atoms with E-state index >= 15 is 0 Å².